The van der Waals surface area contributed by atoms with Gasteiger partial charge in [-0.2, -0.15) is 0 Å². The van der Waals surface area contributed by atoms with E-state index >= 15 is 0 Å². The van der Waals surface area contributed by atoms with Crippen molar-refractivity contribution in [3.63, 3.8) is 0 Å². The van der Waals surface area contributed by atoms with Crippen LogP contribution in [0.15, 0.2) is 71.6 Å². The molecule has 10 heteroatoms. The lowest BCUT2D eigenvalue weighted by Gasteiger charge is -2.12. The Morgan fingerprint density at radius 1 is 0.941 bits per heavy atom. The van der Waals surface area contributed by atoms with Crippen molar-refractivity contribution in [2.45, 2.75) is 18.7 Å². The van der Waals surface area contributed by atoms with Crippen LogP contribution in [-0.4, -0.2) is 33.5 Å². The number of amides is 1. The Morgan fingerprint density at radius 2 is 1.59 bits per heavy atom. The summed E-state index contributed by atoms with van der Waals surface area (Å²) in [5, 5.41) is 2.65. The van der Waals surface area contributed by atoms with Crippen LogP contribution in [-0.2, 0) is 19.6 Å². The number of aryl methyl sites for hydroxylation is 1. The van der Waals surface area contributed by atoms with E-state index in [4.69, 9.17) is 9.47 Å². The molecule has 34 heavy (non-hydrogen) atoms. The molecule has 3 aromatic rings. The average molecular weight is 487 g/mol. The lowest BCUT2D eigenvalue weighted by molar-refractivity contribution is -0.118. The molecule has 2 N–H and O–H groups in total. The van der Waals surface area contributed by atoms with Gasteiger partial charge >= 0.3 is 5.97 Å². The molecule has 0 aliphatic rings. The number of hydrogen-bond donors (Lipinski definition) is 2. The Morgan fingerprint density at radius 3 is 2.21 bits per heavy atom. The highest BCUT2D eigenvalue weighted by molar-refractivity contribution is 7.92. The number of sulfonamides is 1. The molecule has 0 unspecified atom stereocenters. The molecule has 1 amide bonds. The van der Waals surface area contributed by atoms with E-state index in [-0.39, 0.29) is 23.8 Å². The van der Waals surface area contributed by atoms with Crippen molar-refractivity contribution in [2.24, 2.45) is 0 Å². The highest BCUT2D eigenvalue weighted by atomic mass is 32.2. The summed E-state index contributed by atoms with van der Waals surface area (Å²) in [5.41, 5.74) is 1.59. The van der Waals surface area contributed by atoms with Crippen LogP contribution in [0.5, 0.6) is 5.75 Å². The van der Waals surface area contributed by atoms with E-state index in [2.05, 4.69) is 10.0 Å². The highest BCUT2D eigenvalue weighted by Gasteiger charge is 2.16. The number of carbonyl (C=O) groups is 2. The summed E-state index contributed by atoms with van der Waals surface area (Å²) >= 11 is 0. The van der Waals surface area contributed by atoms with Gasteiger partial charge in [-0.1, -0.05) is 0 Å². The van der Waals surface area contributed by atoms with Gasteiger partial charge in [-0.05, 0) is 86.1 Å². The number of anilines is 2. The fraction of sp³-hybridized carbons (Fsp3) is 0.167. The van der Waals surface area contributed by atoms with Crippen LogP contribution in [0.2, 0.25) is 0 Å². The fourth-order valence-corrected chi connectivity index (χ4v) is 4.07. The normalized spacial score (nSPS) is 10.9. The molecule has 3 rings (SSSR count). The van der Waals surface area contributed by atoms with Gasteiger partial charge in [0, 0.05) is 11.4 Å². The van der Waals surface area contributed by atoms with Crippen LogP contribution in [0, 0.1) is 12.7 Å². The van der Waals surface area contributed by atoms with E-state index in [1.54, 1.807) is 26.0 Å². The number of hydrogen-bond acceptors (Lipinski definition) is 6. The molecule has 0 saturated carbocycles. The Labute approximate surface area is 196 Å². The first kappa shape index (κ1) is 24.7. The van der Waals surface area contributed by atoms with Crippen molar-refractivity contribution >= 4 is 33.3 Å². The summed E-state index contributed by atoms with van der Waals surface area (Å²) in [6, 6.07) is 15.4. The van der Waals surface area contributed by atoms with Gasteiger partial charge in [-0.3, -0.25) is 9.52 Å². The Bertz CT molecular complexity index is 1280. The monoisotopic (exact) mass is 486 g/mol. The number of rotatable bonds is 9. The van der Waals surface area contributed by atoms with Crippen LogP contribution >= 0.6 is 0 Å². The first-order valence-corrected chi connectivity index (χ1v) is 11.7. The molecule has 0 bridgehead atoms. The molecule has 0 fully saturated rings. The van der Waals surface area contributed by atoms with E-state index < -0.39 is 27.7 Å². The highest BCUT2D eigenvalue weighted by Crippen LogP contribution is 2.24. The van der Waals surface area contributed by atoms with Crippen LogP contribution in [0.1, 0.15) is 22.8 Å². The molecular weight excluding hydrogens is 463 g/mol. The van der Waals surface area contributed by atoms with Crippen molar-refractivity contribution < 1.29 is 31.9 Å². The summed E-state index contributed by atoms with van der Waals surface area (Å²) in [4.78, 5) is 23.9. The fourth-order valence-electron chi connectivity index (χ4n) is 2.93. The smallest absolute Gasteiger partial charge is 0.338 e. The topological polar surface area (TPSA) is 111 Å². The standard InChI is InChI=1S/C24H23FN2O6S/c1-3-32-24(29)17-4-8-19(9-5-17)26-23(28)15-33-22-13-12-21(14-16(22)2)34(30,31)27-20-10-6-18(25)7-11-20/h4-14,27H,3,15H2,1-2H3,(H,26,28). The maximum Gasteiger partial charge on any atom is 0.338 e. The maximum atomic E-state index is 13.0. The molecular formula is C24H23FN2O6S. The average Bonchev–Trinajstić information content (AvgIpc) is 2.80. The van der Waals surface area contributed by atoms with E-state index in [1.165, 1.54) is 42.5 Å². The van der Waals surface area contributed by atoms with Gasteiger partial charge in [-0.15, -0.1) is 0 Å². The second-order valence-corrected chi connectivity index (χ2v) is 8.86. The van der Waals surface area contributed by atoms with Gasteiger partial charge in [0.2, 0.25) is 0 Å². The molecule has 0 radical (unpaired) electrons. The van der Waals surface area contributed by atoms with Gasteiger partial charge in [0.05, 0.1) is 17.1 Å². The summed E-state index contributed by atoms with van der Waals surface area (Å²) < 4.78 is 51.0. The largest absolute Gasteiger partial charge is 0.483 e. The predicted molar refractivity (Wildman–Crippen MR) is 125 cm³/mol. The third-order valence-corrected chi connectivity index (χ3v) is 5.97. The Kier molecular flexibility index (Phi) is 7.85. The van der Waals surface area contributed by atoms with E-state index in [0.717, 1.165) is 12.1 Å². The summed E-state index contributed by atoms with van der Waals surface area (Å²) in [7, 11) is -3.89. The first-order valence-electron chi connectivity index (χ1n) is 10.3. The number of halogens is 1. The number of ether oxygens (including phenoxy) is 2. The zero-order valence-electron chi connectivity index (χ0n) is 18.5. The zero-order valence-corrected chi connectivity index (χ0v) is 19.3. The molecule has 0 aromatic heterocycles. The minimum Gasteiger partial charge on any atom is -0.483 e. The minimum atomic E-state index is -3.89. The Balaban J connectivity index is 1.58. The van der Waals surface area contributed by atoms with Crippen molar-refractivity contribution in [1.82, 2.24) is 0 Å². The molecule has 0 saturated heterocycles. The predicted octanol–water partition coefficient (Wildman–Crippen LogP) is 4.13. The molecule has 3 aromatic carbocycles. The quantitative estimate of drug-likeness (QED) is 0.440. The maximum absolute atomic E-state index is 13.0. The number of benzene rings is 3. The van der Waals surface area contributed by atoms with Gasteiger partial charge in [-0.25, -0.2) is 17.6 Å². The van der Waals surface area contributed by atoms with Crippen LogP contribution < -0.4 is 14.8 Å². The van der Waals surface area contributed by atoms with Crippen LogP contribution in [0.3, 0.4) is 0 Å². The third kappa shape index (κ3) is 6.55. The molecule has 0 aliphatic carbocycles. The summed E-state index contributed by atoms with van der Waals surface area (Å²) in [5.74, 6) is -1.01. The number of carbonyl (C=O) groups excluding carboxylic acids is 2. The van der Waals surface area contributed by atoms with Crippen LogP contribution in [0.4, 0.5) is 15.8 Å². The molecule has 0 spiro atoms. The summed E-state index contributed by atoms with van der Waals surface area (Å²) in [6.45, 7) is 3.33. The second-order valence-electron chi connectivity index (χ2n) is 7.17. The second kappa shape index (κ2) is 10.8. The minimum absolute atomic E-state index is 0.00665. The van der Waals surface area contributed by atoms with Gasteiger partial charge in [0.1, 0.15) is 11.6 Å². The molecule has 178 valence electrons. The molecule has 0 aliphatic heterocycles. The molecule has 8 nitrogen and oxygen atoms in total. The number of nitrogens with one attached hydrogen (secondary N) is 2. The van der Waals surface area contributed by atoms with Gasteiger partial charge in [0.15, 0.2) is 6.61 Å². The van der Waals surface area contributed by atoms with Gasteiger partial charge < -0.3 is 14.8 Å². The summed E-state index contributed by atoms with van der Waals surface area (Å²) in [6.07, 6.45) is 0. The SMILES string of the molecule is CCOC(=O)c1ccc(NC(=O)COc2ccc(S(=O)(=O)Nc3ccc(F)cc3)cc2C)cc1. The molecule has 0 heterocycles. The van der Waals surface area contributed by atoms with E-state index in [1.807, 2.05) is 0 Å². The van der Waals surface area contributed by atoms with Crippen LogP contribution in [0.25, 0.3) is 0 Å². The lowest BCUT2D eigenvalue weighted by atomic mass is 10.2. The lowest BCUT2D eigenvalue weighted by Crippen LogP contribution is -2.20. The Hall–Kier alpha value is -3.92. The van der Waals surface area contributed by atoms with Crippen molar-refractivity contribution in [3.05, 3.63) is 83.7 Å². The van der Waals surface area contributed by atoms with Crippen molar-refractivity contribution in [2.75, 3.05) is 23.3 Å². The first-order chi connectivity index (χ1) is 16.2. The van der Waals surface area contributed by atoms with E-state index in [0.29, 0.717) is 22.6 Å². The van der Waals surface area contributed by atoms with Crippen molar-refractivity contribution in [3.8, 4) is 5.75 Å². The van der Waals surface area contributed by atoms with Crippen molar-refractivity contribution in [1.29, 1.82) is 0 Å². The van der Waals surface area contributed by atoms with Gasteiger partial charge in [0.25, 0.3) is 15.9 Å². The van der Waals surface area contributed by atoms with E-state index in [9.17, 15) is 22.4 Å². The third-order valence-electron chi connectivity index (χ3n) is 4.59. The number of esters is 1. The zero-order chi connectivity index (χ0) is 24.7. The molecule has 0 atom stereocenters.